The first-order chi connectivity index (χ1) is 7.06. The number of nitrogens with two attached hydrogens (primary N) is 1. The molecular formula is C11H18N4. The monoisotopic (exact) mass is 206 g/mol. The van der Waals surface area contributed by atoms with Gasteiger partial charge in [0.1, 0.15) is 0 Å². The molecule has 4 nitrogen and oxygen atoms in total. The summed E-state index contributed by atoms with van der Waals surface area (Å²) in [5.74, 6) is 0. The van der Waals surface area contributed by atoms with Gasteiger partial charge in [-0.15, -0.1) is 0 Å². The molecule has 0 amide bonds. The van der Waals surface area contributed by atoms with Gasteiger partial charge in [0, 0.05) is 11.7 Å². The zero-order valence-corrected chi connectivity index (χ0v) is 9.62. The fourth-order valence-corrected chi connectivity index (χ4v) is 1.73. The highest BCUT2D eigenvalue weighted by Gasteiger charge is 2.12. The molecule has 1 rings (SSSR count). The predicted octanol–water partition coefficient (Wildman–Crippen LogP) is 1.30. The summed E-state index contributed by atoms with van der Waals surface area (Å²) in [7, 11) is 0. The van der Waals surface area contributed by atoms with Crippen LogP contribution in [0.3, 0.4) is 0 Å². The van der Waals surface area contributed by atoms with E-state index in [-0.39, 0.29) is 6.04 Å². The molecule has 0 saturated heterocycles. The van der Waals surface area contributed by atoms with Gasteiger partial charge < -0.3 is 5.73 Å². The van der Waals surface area contributed by atoms with Crippen molar-refractivity contribution >= 4 is 0 Å². The molecule has 2 N–H and O–H groups in total. The maximum atomic E-state index is 8.53. The topological polar surface area (TPSA) is 67.6 Å². The van der Waals surface area contributed by atoms with Crippen LogP contribution in [0.25, 0.3) is 0 Å². The van der Waals surface area contributed by atoms with Crippen LogP contribution < -0.4 is 5.73 Å². The summed E-state index contributed by atoms with van der Waals surface area (Å²) in [6.07, 6.45) is 1.35. The quantitative estimate of drug-likeness (QED) is 0.807. The van der Waals surface area contributed by atoms with E-state index < -0.39 is 0 Å². The van der Waals surface area contributed by atoms with Crippen LogP contribution in [0, 0.1) is 25.2 Å². The molecular weight excluding hydrogens is 188 g/mol. The van der Waals surface area contributed by atoms with E-state index in [9.17, 15) is 0 Å². The average Bonchev–Trinajstić information content (AvgIpc) is 2.42. The normalized spacial score (nSPS) is 12.5. The Labute approximate surface area is 90.7 Å². The van der Waals surface area contributed by atoms with Crippen LogP contribution in [0.2, 0.25) is 0 Å². The highest BCUT2D eigenvalue weighted by molar-refractivity contribution is 5.25. The zero-order chi connectivity index (χ0) is 11.4. The lowest BCUT2D eigenvalue weighted by molar-refractivity contribution is 0.604. The van der Waals surface area contributed by atoms with Crippen molar-refractivity contribution in [3.63, 3.8) is 0 Å². The van der Waals surface area contributed by atoms with Crippen molar-refractivity contribution in [3.8, 4) is 6.07 Å². The number of nitriles is 1. The van der Waals surface area contributed by atoms with Crippen molar-refractivity contribution < 1.29 is 0 Å². The van der Waals surface area contributed by atoms with Crippen LogP contribution in [0.1, 0.15) is 30.3 Å². The third kappa shape index (κ3) is 2.80. The molecule has 1 aromatic heterocycles. The predicted molar refractivity (Wildman–Crippen MR) is 59.3 cm³/mol. The number of rotatable bonds is 4. The van der Waals surface area contributed by atoms with Crippen LogP contribution in [0.4, 0.5) is 0 Å². The van der Waals surface area contributed by atoms with Crippen molar-refractivity contribution in [3.05, 3.63) is 17.0 Å². The molecule has 1 atom stereocenters. The lowest BCUT2D eigenvalue weighted by Gasteiger charge is -2.06. The van der Waals surface area contributed by atoms with Crippen molar-refractivity contribution in [1.29, 1.82) is 5.26 Å². The van der Waals surface area contributed by atoms with E-state index in [1.54, 1.807) is 0 Å². The molecule has 0 fully saturated rings. The van der Waals surface area contributed by atoms with Gasteiger partial charge in [-0.3, -0.25) is 4.68 Å². The minimum atomic E-state index is 0.149. The zero-order valence-electron chi connectivity index (χ0n) is 9.62. The minimum absolute atomic E-state index is 0.149. The van der Waals surface area contributed by atoms with Gasteiger partial charge in [0.15, 0.2) is 0 Å². The van der Waals surface area contributed by atoms with Crippen LogP contribution >= 0.6 is 0 Å². The van der Waals surface area contributed by atoms with Gasteiger partial charge >= 0.3 is 0 Å². The van der Waals surface area contributed by atoms with Gasteiger partial charge in [-0.2, -0.15) is 10.4 Å². The number of aromatic nitrogens is 2. The summed E-state index contributed by atoms with van der Waals surface area (Å²) in [4.78, 5) is 0. The molecule has 1 unspecified atom stereocenters. The lowest BCUT2D eigenvalue weighted by Crippen LogP contribution is -2.18. The molecule has 0 bridgehead atoms. The summed E-state index contributed by atoms with van der Waals surface area (Å²) in [6, 6.07) is 2.28. The first kappa shape index (κ1) is 11.7. The van der Waals surface area contributed by atoms with Gasteiger partial charge in [0.05, 0.1) is 24.7 Å². The third-order valence-corrected chi connectivity index (χ3v) is 2.49. The number of hydrogen-bond donors (Lipinski definition) is 1. The van der Waals surface area contributed by atoms with Crippen LogP contribution in [-0.2, 0) is 13.0 Å². The molecule has 1 heterocycles. The van der Waals surface area contributed by atoms with Crippen LogP contribution in [0.15, 0.2) is 0 Å². The molecule has 0 aromatic carbocycles. The fourth-order valence-electron chi connectivity index (χ4n) is 1.73. The molecule has 0 aliphatic rings. The van der Waals surface area contributed by atoms with Crippen molar-refractivity contribution in [2.24, 2.45) is 5.73 Å². The van der Waals surface area contributed by atoms with E-state index in [0.29, 0.717) is 13.0 Å². The maximum Gasteiger partial charge on any atom is 0.0641 e. The molecule has 1 aromatic rings. The smallest absolute Gasteiger partial charge is 0.0641 e. The Morgan fingerprint density at radius 3 is 2.73 bits per heavy atom. The van der Waals surface area contributed by atoms with E-state index in [0.717, 1.165) is 17.8 Å². The molecule has 0 saturated carbocycles. The molecule has 15 heavy (non-hydrogen) atoms. The Morgan fingerprint density at radius 1 is 1.53 bits per heavy atom. The number of nitrogens with zero attached hydrogens (tertiary/aromatic N) is 3. The molecule has 0 spiro atoms. The second-order valence-electron chi connectivity index (χ2n) is 3.96. The molecule has 0 radical (unpaired) electrons. The van der Waals surface area contributed by atoms with Gasteiger partial charge in [-0.05, 0) is 32.8 Å². The molecule has 82 valence electrons. The highest BCUT2D eigenvalue weighted by atomic mass is 15.3. The average molecular weight is 206 g/mol. The SMILES string of the molecule is Cc1nn(CCC#N)c(C)c1CC(C)N. The Balaban J connectivity index is 2.89. The van der Waals surface area contributed by atoms with Gasteiger partial charge in [-0.25, -0.2) is 0 Å². The summed E-state index contributed by atoms with van der Waals surface area (Å²) >= 11 is 0. The number of aryl methyl sites for hydroxylation is 2. The van der Waals surface area contributed by atoms with Crippen LogP contribution in [0.5, 0.6) is 0 Å². The Morgan fingerprint density at radius 2 is 2.20 bits per heavy atom. The number of hydrogen-bond acceptors (Lipinski definition) is 3. The minimum Gasteiger partial charge on any atom is -0.328 e. The van der Waals surface area contributed by atoms with Gasteiger partial charge in [0.25, 0.3) is 0 Å². The van der Waals surface area contributed by atoms with Gasteiger partial charge in [0.2, 0.25) is 0 Å². The molecule has 4 heteroatoms. The molecule has 0 aliphatic heterocycles. The van der Waals surface area contributed by atoms with E-state index in [1.807, 2.05) is 25.5 Å². The maximum absolute atomic E-state index is 8.53. The van der Waals surface area contributed by atoms with E-state index in [2.05, 4.69) is 11.2 Å². The van der Waals surface area contributed by atoms with E-state index >= 15 is 0 Å². The largest absolute Gasteiger partial charge is 0.328 e. The third-order valence-electron chi connectivity index (χ3n) is 2.49. The Bertz CT molecular complexity index is 371. The molecule has 0 aliphatic carbocycles. The van der Waals surface area contributed by atoms with Crippen LogP contribution in [-0.4, -0.2) is 15.8 Å². The summed E-state index contributed by atoms with van der Waals surface area (Å²) in [6.45, 7) is 6.69. The van der Waals surface area contributed by atoms with E-state index in [1.165, 1.54) is 5.56 Å². The fraction of sp³-hybridized carbons (Fsp3) is 0.636. The lowest BCUT2D eigenvalue weighted by atomic mass is 10.1. The standard InChI is InChI=1S/C11H18N4/c1-8(13)7-11-9(2)14-15(10(11)3)6-4-5-12/h8H,4,6-7,13H2,1-3H3. The summed E-state index contributed by atoms with van der Waals surface area (Å²) in [5, 5.41) is 12.9. The Hall–Kier alpha value is -1.34. The first-order valence-corrected chi connectivity index (χ1v) is 5.21. The highest BCUT2D eigenvalue weighted by Crippen LogP contribution is 2.14. The van der Waals surface area contributed by atoms with Gasteiger partial charge in [-0.1, -0.05) is 0 Å². The summed E-state index contributed by atoms with van der Waals surface area (Å²) < 4.78 is 1.90. The Kier molecular flexibility index (Phi) is 3.87. The van der Waals surface area contributed by atoms with Crippen molar-refractivity contribution in [1.82, 2.24) is 9.78 Å². The second kappa shape index (κ2) is 4.94. The van der Waals surface area contributed by atoms with E-state index in [4.69, 9.17) is 11.0 Å². The second-order valence-corrected chi connectivity index (χ2v) is 3.96. The van der Waals surface area contributed by atoms with Crippen molar-refractivity contribution in [2.45, 2.75) is 46.2 Å². The first-order valence-electron chi connectivity index (χ1n) is 5.21. The van der Waals surface area contributed by atoms with Crippen molar-refractivity contribution in [2.75, 3.05) is 0 Å². The summed E-state index contributed by atoms with van der Waals surface area (Å²) in [5.41, 5.74) is 9.18.